The van der Waals surface area contributed by atoms with Gasteiger partial charge in [-0.2, -0.15) is 0 Å². The van der Waals surface area contributed by atoms with Crippen molar-refractivity contribution in [2.24, 2.45) is 0 Å². The number of nitrogens with zero attached hydrogens (tertiary/aromatic N) is 2. The third-order valence-corrected chi connectivity index (χ3v) is 5.02. The number of urea groups is 1. The molecule has 0 saturated heterocycles. The summed E-state index contributed by atoms with van der Waals surface area (Å²) in [5.74, 6) is 1.12. The van der Waals surface area contributed by atoms with Gasteiger partial charge in [0.25, 0.3) is 0 Å². The Morgan fingerprint density at radius 2 is 1.53 bits per heavy atom. The zero-order valence-corrected chi connectivity index (χ0v) is 19.1. The number of ether oxygens (including phenoxy) is 1. The maximum atomic E-state index is 13.0. The van der Waals surface area contributed by atoms with Gasteiger partial charge < -0.3 is 25.3 Å². The van der Waals surface area contributed by atoms with Crippen LogP contribution in [0.3, 0.4) is 0 Å². The topological polar surface area (TPSA) is 97.3 Å². The number of amides is 3. The summed E-state index contributed by atoms with van der Waals surface area (Å²) >= 11 is 0. The van der Waals surface area contributed by atoms with E-state index in [4.69, 9.17) is 4.74 Å². The molecule has 4 rings (SSSR count). The van der Waals surface area contributed by atoms with Crippen LogP contribution in [-0.4, -0.2) is 27.5 Å². The molecule has 1 aromatic heterocycles. The first-order chi connectivity index (χ1) is 16.5. The minimum Gasteiger partial charge on any atom is -0.486 e. The first-order valence-electron chi connectivity index (χ1n) is 11.1. The van der Waals surface area contributed by atoms with Crippen molar-refractivity contribution >= 4 is 34.3 Å². The zero-order chi connectivity index (χ0) is 23.9. The Hall–Kier alpha value is -4.33. The Balaban J connectivity index is 1.52. The van der Waals surface area contributed by atoms with Gasteiger partial charge in [-0.1, -0.05) is 42.5 Å². The Kier molecular flexibility index (Phi) is 7.07. The van der Waals surface area contributed by atoms with Gasteiger partial charge in [0.15, 0.2) is 0 Å². The number of imidazole rings is 1. The molecular formula is C26H27N5O3. The van der Waals surface area contributed by atoms with Crippen molar-refractivity contribution in [2.45, 2.75) is 33.0 Å². The second-order valence-corrected chi connectivity index (χ2v) is 8.05. The minimum absolute atomic E-state index is 0.00667. The van der Waals surface area contributed by atoms with Crippen molar-refractivity contribution < 1.29 is 14.3 Å². The van der Waals surface area contributed by atoms with Crippen LogP contribution in [0, 0.1) is 0 Å². The number of anilines is 2. The Morgan fingerprint density at radius 3 is 2.26 bits per heavy atom. The summed E-state index contributed by atoms with van der Waals surface area (Å²) < 4.78 is 7.73. The van der Waals surface area contributed by atoms with E-state index in [2.05, 4.69) is 20.9 Å². The van der Waals surface area contributed by atoms with E-state index in [0.29, 0.717) is 17.2 Å². The van der Waals surface area contributed by atoms with Crippen LogP contribution >= 0.6 is 0 Å². The number of hydrogen-bond acceptors (Lipinski definition) is 4. The number of nitrogens with one attached hydrogen (secondary N) is 3. The lowest BCUT2D eigenvalue weighted by Gasteiger charge is -2.15. The van der Waals surface area contributed by atoms with Crippen LogP contribution in [0.25, 0.3) is 11.0 Å². The predicted octanol–water partition coefficient (Wildman–Crippen LogP) is 4.78. The Morgan fingerprint density at radius 1 is 0.882 bits per heavy atom. The molecule has 3 aromatic carbocycles. The molecule has 0 atom stereocenters. The average molecular weight is 458 g/mol. The number of rotatable bonds is 8. The molecule has 0 unspecified atom stereocenters. The maximum Gasteiger partial charge on any atom is 0.319 e. The Bertz CT molecular complexity index is 1280. The molecule has 0 fully saturated rings. The summed E-state index contributed by atoms with van der Waals surface area (Å²) in [4.78, 5) is 29.8. The molecule has 3 amide bonds. The minimum atomic E-state index is -0.336. The molecule has 3 N–H and O–H groups in total. The molecule has 0 radical (unpaired) electrons. The average Bonchev–Trinajstić information content (AvgIpc) is 3.16. The number of aromatic nitrogens is 2. The quantitative estimate of drug-likeness (QED) is 0.355. The highest BCUT2D eigenvalue weighted by Crippen LogP contribution is 2.22. The van der Waals surface area contributed by atoms with Crippen molar-refractivity contribution in [1.29, 1.82) is 0 Å². The molecular weight excluding hydrogens is 430 g/mol. The highest BCUT2D eigenvalue weighted by atomic mass is 16.5. The standard InChI is InChI=1S/C26H27N5O3/c1-18(2)27-26(33)30-21-13-7-6-12-20(21)29-25(32)16-31-23-15-9-8-14-22(23)28-24(31)17-34-19-10-4-3-5-11-19/h3-15,18H,16-17H2,1-2H3,(H,29,32)(H2,27,30,33). The normalized spacial score (nSPS) is 10.8. The fraction of sp³-hybridized carbons (Fsp3) is 0.192. The lowest BCUT2D eigenvalue weighted by molar-refractivity contribution is -0.116. The van der Waals surface area contributed by atoms with E-state index >= 15 is 0 Å². The van der Waals surface area contributed by atoms with Crippen LogP contribution in [-0.2, 0) is 17.9 Å². The van der Waals surface area contributed by atoms with Gasteiger partial charge in [-0.3, -0.25) is 4.79 Å². The molecule has 34 heavy (non-hydrogen) atoms. The van der Waals surface area contributed by atoms with Crippen LogP contribution in [0.4, 0.5) is 16.2 Å². The van der Waals surface area contributed by atoms with E-state index in [1.807, 2.05) is 73.0 Å². The van der Waals surface area contributed by atoms with Crippen molar-refractivity contribution in [2.75, 3.05) is 10.6 Å². The smallest absolute Gasteiger partial charge is 0.319 e. The number of hydrogen-bond donors (Lipinski definition) is 3. The number of fused-ring (bicyclic) bond motifs is 1. The second kappa shape index (κ2) is 10.5. The summed E-state index contributed by atoms with van der Waals surface area (Å²) in [6.45, 7) is 4.02. The summed E-state index contributed by atoms with van der Waals surface area (Å²) in [6, 6.07) is 23.9. The first-order valence-corrected chi connectivity index (χ1v) is 11.1. The molecule has 1 heterocycles. The van der Waals surface area contributed by atoms with Crippen LogP contribution in [0.5, 0.6) is 5.75 Å². The molecule has 0 aliphatic heterocycles. The van der Waals surface area contributed by atoms with Crippen molar-refractivity contribution in [3.05, 3.63) is 84.7 Å². The number of para-hydroxylation sites is 5. The van der Waals surface area contributed by atoms with E-state index in [1.165, 1.54) is 0 Å². The molecule has 8 heteroatoms. The van der Waals surface area contributed by atoms with Crippen molar-refractivity contribution in [3.8, 4) is 5.75 Å². The van der Waals surface area contributed by atoms with Crippen LogP contribution in [0.2, 0.25) is 0 Å². The van der Waals surface area contributed by atoms with Crippen LogP contribution < -0.4 is 20.7 Å². The monoisotopic (exact) mass is 457 g/mol. The lowest BCUT2D eigenvalue weighted by atomic mass is 10.2. The molecule has 0 saturated carbocycles. The molecule has 0 spiro atoms. The van der Waals surface area contributed by atoms with E-state index in [0.717, 1.165) is 16.8 Å². The van der Waals surface area contributed by atoms with E-state index in [1.54, 1.807) is 24.3 Å². The fourth-order valence-electron chi connectivity index (χ4n) is 3.53. The molecule has 0 bridgehead atoms. The van der Waals surface area contributed by atoms with Gasteiger partial charge in [-0.15, -0.1) is 0 Å². The SMILES string of the molecule is CC(C)NC(=O)Nc1ccccc1NC(=O)Cn1c(COc2ccccc2)nc2ccccc21. The molecule has 8 nitrogen and oxygen atoms in total. The number of carbonyl (C=O) groups excluding carboxylic acids is 2. The predicted molar refractivity (Wildman–Crippen MR) is 133 cm³/mol. The largest absolute Gasteiger partial charge is 0.486 e. The fourth-order valence-corrected chi connectivity index (χ4v) is 3.53. The van der Waals surface area contributed by atoms with Crippen molar-refractivity contribution in [1.82, 2.24) is 14.9 Å². The highest BCUT2D eigenvalue weighted by molar-refractivity contribution is 5.99. The third kappa shape index (κ3) is 5.72. The number of carbonyl (C=O) groups is 2. The van der Waals surface area contributed by atoms with E-state index < -0.39 is 0 Å². The third-order valence-electron chi connectivity index (χ3n) is 5.02. The molecule has 0 aliphatic carbocycles. The summed E-state index contributed by atoms with van der Waals surface area (Å²) in [5.41, 5.74) is 2.65. The number of benzene rings is 3. The van der Waals surface area contributed by atoms with E-state index in [-0.39, 0.29) is 31.1 Å². The van der Waals surface area contributed by atoms with Gasteiger partial charge in [0.2, 0.25) is 5.91 Å². The van der Waals surface area contributed by atoms with Gasteiger partial charge in [-0.25, -0.2) is 9.78 Å². The summed E-state index contributed by atoms with van der Waals surface area (Å²) in [5, 5.41) is 8.46. The van der Waals surface area contributed by atoms with Crippen LogP contribution in [0.1, 0.15) is 19.7 Å². The van der Waals surface area contributed by atoms with Gasteiger partial charge in [0.1, 0.15) is 24.7 Å². The zero-order valence-electron chi connectivity index (χ0n) is 19.1. The van der Waals surface area contributed by atoms with Gasteiger partial charge in [0, 0.05) is 6.04 Å². The lowest BCUT2D eigenvalue weighted by Crippen LogP contribution is -2.34. The second-order valence-electron chi connectivity index (χ2n) is 8.05. The van der Waals surface area contributed by atoms with Gasteiger partial charge in [-0.05, 0) is 50.2 Å². The van der Waals surface area contributed by atoms with Crippen molar-refractivity contribution in [3.63, 3.8) is 0 Å². The van der Waals surface area contributed by atoms with Gasteiger partial charge in [0.05, 0.1) is 22.4 Å². The molecule has 4 aromatic rings. The molecule has 0 aliphatic rings. The highest BCUT2D eigenvalue weighted by Gasteiger charge is 2.16. The Labute approximate surface area is 198 Å². The van der Waals surface area contributed by atoms with Crippen LogP contribution in [0.15, 0.2) is 78.9 Å². The first kappa shape index (κ1) is 22.8. The summed E-state index contributed by atoms with van der Waals surface area (Å²) in [6.07, 6.45) is 0. The summed E-state index contributed by atoms with van der Waals surface area (Å²) in [7, 11) is 0. The maximum absolute atomic E-state index is 13.0. The molecule has 174 valence electrons. The van der Waals surface area contributed by atoms with Gasteiger partial charge >= 0.3 is 6.03 Å². The van der Waals surface area contributed by atoms with E-state index in [9.17, 15) is 9.59 Å².